The maximum Gasteiger partial charge on any atom is 0.138 e. The molecule has 0 unspecified atom stereocenters. The predicted octanol–water partition coefficient (Wildman–Crippen LogP) is 6.61. The number of hydrogen-bond acceptors (Lipinski definition) is 1. The van der Waals surface area contributed by atoms with Crippen molar-refractivity contribution in [2.24, 2.45) is 10.8 Å². The van der Waals surface area contributed by atoms with Crippen LogP contribution in [0, 0.1) is 10.8 Å². The van der Waals surface area contributed by atoms with E-state index < -0.39 is 0 Å². The molecule has 0 saturated heterocycles. The predicted molar refractivity (Wildman–Crippen MR) is 107 cm³/mol. The number of hydrogen-bond donors (Lipinski definition) is 0. The van der Waals surface area contributed by atoms with Crippen LogP contribution < -0.4 is 0 Å². The Morgan fingerprint density at radius 2 is 1.20 bits per heavy atom. The monoisotopic (exact) mass is 336 g/mol. The van der Waals surface area contributed by atoms with Gasteiger partial charge < -0.3 is 0 Å². The molecule has 25 heavy (non-hydrogen) atoms. The first-order chi connectivity index (χ1) is 11.6. The highest BCUT2D eigenvalue weighted by Crippen LogP contribution is 2.47. The van der Waals surface area contributed by atoms with E-state index >= 15 is 0 Å². The van der Waals surface area contributed by atoms with Gasteiger partial charge in [-0.2, -0.15) is 0 Å². The normalized spacial score (nSPS) is 14.8. The molecule has 0 bridgehead atoms. The molecule has 0 aromatic heterocycles. The van der Waals surface area contributed by atoms with Crippen molar-refractivity contribution in [3.05, 3.63) is 71.8 Å². The second-order valence-corrected chi connectivity index (χ2v) is 9.15. The van der Waals surface area contributed by atoms with Crippen molar-refractivity contribution in [2.45, 2.75) is 59.8 Å². The van der Waals surface area contributed by atoms with Crippen molar-refractivity contribution < 1.29 is 4.79 Å². The topological polar surface area (TPSA) is 17.1 Å². The van der Waals surface area contributed by atoms with Crippen LogP contribution in [-0.4, -0.2) is 5.78 Å². The minimum absolute atomic E-state index is 0.0556. The summed E-state index contributed by atoms with van der Waals surface area (Å²) in [6.45, 7) is 12.9. The van der Waals surface area contributed by atoms with Gasteiger partial charge in [0, 0.05) is 11.8 Å². The van der Waals surface area contributed by atoms with Crippen LogP contribution in [0.2, 0.25) is 0 Å². The van der Waals surface area contributed by atoms with Gasteiger partial charge in [-0.25, -0.2) is 0 Å². The van der Waals surface area contributed by atoms with Crippen LogP contribution in [0.15, 0.2) is 60.7 Å². The van der Waals surface area contributed by atoms with Gasteiger partial charge in [0.2, 0.25) is 0 Å². The molecule has 2 rings (SSSR count). The van der Waals surface area contributed by atoms with Gasteiger partial charge in [0.25, 0.3) is 0 Å². The third kappa shape index (κ3) is 5.04. The molecule has 0 saturated carbocycles. The van der Waals surface area contributed by atoms with Crippen LogP contribution in [0.25, 0.3) is 0 Å². The molecule has 0 amide bonds. The molecule has 0 heterocycles. The number of benzene rings is 2. The van der Waals surface area contributed by atoms with Gasteiger partial charge in [0.1, 0.15) is 5.78 Å². The van der Waals surface area contributed by atoms with E-state index in [1.165, 1.54) is 11.1 Å². The van der Waals surface area contributed by atoms with Crippen LogP contribution in [-0.2, 0) is 4.79 Å². The average Bonchev–Trinajstić information content (AvgIpc) is 2.54. The molecule has 0 spiro atoms. The minimum atomic E-state index is -0.313. The number of ketones is 1. The lowest BCUT2D eigenvalue weighted by molar-refractivity contribution is -0.126. The van der Waals surface area contributed by atoms with Crippen molar-refractivity contribution in [1.82, 2.24) is 0 Å². The fourth-order valence-electron chi connectivity index (χ4n) is 3.63. The second kappa shape index (κ2) is 7.56. The first kappa shape index (κ1) is 19.4. The Bertz CT molecular complexity index is 672. The van der Waals surface area contributed by atoms with Crippen molar-refractivity contribution in [3.63, 3.8) is 0 Å². The molecule has 0 aliphatic carbocycles. The molecule has 2 atom stereocenters. The molecule has 0 fully saturated rings. The lowest BCUT2D eigenvalue weighted by Crippen LogP contribution is -2.30. The SMILES string of the molecule is CC(C)(C)C(=O)C[C@@H](c1ccccc1)[C@@H](c1ccccc1)C(C)(C)C. The van der Waals surface area contributed by atoms with Crippen LogP contribution in [0.5, 0.6) is 0 Å². The zero-order valence-corrected chi connectivity index (χ0v) is 16.5. The van der Waals surface area contributed by atoms with Gasteiger partial charge in [-0.15, -0.1) is 0 Å². The molecule has 0 aliphatic rings. The summed E-state index contributed by atoms with van der Waals surface area (Å²) in [5.41, 5.74) is 2.31. The maximum atomic E-state index is 12.9. The molecule has 2 aromatic rings. The van der Waals surface area contributed by atoms with Gasteiger partial charge in [-0.1, -0.05) is 102 Å². The Labute approximate surface area is 153 Å². The van der Waals surface area contributed by atoms with E-state index in [0.717, 1.165) is 0 Å². The van der Waals surface area contributed by atoms with Crippen LogP contribution >= 0.6 is 0 Å². The Kier molecular flexibility index (Phi) is 5.87. The fraction of sp³-hybridized carbons (Fsp3) is 0.458. The molecule has 134 valence electrons. The Morgan fingerprint density at radius 3 is 1.60 bits per heavy atom. The van der Waals surface area contributed by atoms with E-state index in [2.05, 4.69) is 75.4 Å². The minimum Gasteiger partial charge on any atom is -0.299 e. The van der Waals surface area contributed by atoms with Crippen LogP contribution in [0.4, 0.5) is 0 Å². The van der Waals surface area contributed by atoms with Crippen molar-refractivity contribution in [2.75, 3.05) is 0 Å². The van der Waals surface area contributed by atoms with Crippen molar-refractivity contribution >= 4 is 5.78 Å². The van der Waals surface area contributed by atoms with Gasteiger partial charge in [-0.05, 0) is 28.4 Å². The molecule has 0 N–H and O–H groups in total. The summed E-state index contributed by atoms with van der Waals surface area (Å²) in [5.74, 6) is 0.782. The second-order valence-electron chi connectivity index (χ2n) is 9.15. The van der Waals surface area contributed by atoms with E-state index in [1.807, 2.05) is 26.8 Å². The van der Waals surface area contributed by atoms with E-state index in [-0.39, 0.29) is 22.7 Å². The Balaban J connectivity index is 2.53. The third-order valence-corrected chi connectivity index (χ3v) is 4.96. The Hall–Kier alpha value is -1.89. The zero-order valence-electron chi connectivity index (χ0n) is 16.5. The van der Waals surface area contributed by atoms with Crippen molar-refractivity contribution in [1.29, 1.82) is 0 Å². The molecule has 0 aliphatic heterocycles. The van der Waals surface area contributed by atoms with Gasteiger partial charge in [-0.3, -0.25) is 4.79 Å². The first-order valence-electron chi connectivity index (χ1n) is 9.24. The zero-order chi connectivity index (χ0) is 18.7. The summed E-state index contributed by atoms with van der Waals surface area (Å²) in [5, 5.41) is 0. The smallest absolute Gasteiger partial charge is 0.138 e. The summed E-state index contributed by atoms with van der Waals surface area (Å²) >= 11 is 0. The standard InChI is InChI=1S/C24H32O/c1-23(2,3)21(25)17-20(18-13-9-7-10-14-18)22(24(4,5)6)19-15-11-8-12-16-19/h7-16,20,22H,17H2,1-6H3/t20-,22+/m0/s1. The summed E-state index contributed by atoms with van der Waals surface area (Å²) in [6.07, 6.45) is 0.574. The third-order valence-electron chi connectivity index (χ3n) is 4.96. The lowest BCUT2D eigenvalue weighted by Gasteiger charge is -2.39. The number of Topliss-reactive ketones (excluding diaryl/α,β-unsaturated/α-hetero) is 1. The van der Waals surface area contributed by atoms with Crippen LogP contribution in [0.1, 0.15) is 70.9 Å². The van der Waals surface area contributed by atoms with E-state index in [1.54, 1.807) is 0 Å². The molecular formula is C24H32O. The van der Waals surface area contributed by atoms with E-state index in [0.29, 0.717) is 12.2 Å². The van der Waals surface area contributed by atoms with Crippen LogP contribution in [0.3, 0.4) is 0 Å². The quantitative estimate of drug-likeness (QED) is 0.600. The maximum absolute atomic E-state index is 12.9. The summed E-state index contributed by atoms with van der Waals surface area (Å²) in [7, 11) is 0. The highest BCUT2D eigenvalue weighted by atomic mass is 16.1. The van der Waals surface area contributed by atoms with Gasteiger partial charge >= 0.3 is 0 Å². The highest BCUT2D eigenvalue weighted by molar-refractivity contribution is 5.84. The van der Waals surface area contributed by atoms with Gasteiger partial charge in [0.05, 0.1) is 0 Å². The molecule has 1 nitrogen and oxygen atoms in total. The summed E-state index contributed by atoms with van der Waals surface area (Å²) in [4.78, 5) is 12.9. The summed E-state index contributed by atoms with van der Waals surface area (Å²) < 4.78 is 0. The lowest BCUT2D eigenvalue weighted by atomic mass is 9.65. The number of rotatable bonds is 5. The first-order valence-corrected chi connectivity index (χ1v) is 9.24. The van der Waals surface area contributed by atoms with Gasteiger partial charge in [0.15, 0.2) is 0 Å². The molecular weight excluding hydrogens is 304 g/mol. The summed E-state index contributed by atoms with van der Waals surface area (Å²) in [6, 6.07) is 21.2. The molecule has 0 radical (unpaired) electrons. The van der Waals surface area contributed by atoms with E-state index in [9.17, 15) is 4.79 Å². The Morgan fingerprint density at radius 1 is 0.760 bits per heavy atom. The molecule has 2 aromatic carbocycles. The average molecular weight is 337 g/mol. The number of carbonyl (C=O) groups excluding carboxylic acids is 1. The van der Waals surface area contributed by atoms with E-state index in [4.69, 9.17) is 0 Å². The highest BCUT2D eigenvalue weighted by Gasteiger charge is 2.37. The largest absolute Gasteiger partial charge is 0.299 e. The molecule has 1 heteroatoms. The fourth-order valence-corrected chi connectivity index (χ4v) is 3.63. The van der Waals surface area contributed by atoms with Crippen molar-refractivity contribution in [3.8, 4) is 0 Å². The number of carbonyl (C=O) groups is 1.